The van der Waals surface area contributed by atoms with E-state index in [-0.39, 0.29) is 25.7 Å². The lowest BCUT2D eigenvalue weighted by Crippen LogP contribution is -2.30. The van der Waals surface area contributed by atoms with E-state index in [1.165, 1.54) is 225 Å². The molecule has 0 saturated heterocycles. The van der Waals surface area contributed by atoms with E-state index in [2.05, 4.69) is 48.5 Å². The molecule has 0 rings (SSSR count). The Kier molecular flexibility index (Phi) is 69.0. The predicted octanol–water partition coefficient (Wildman–Crippen LogP) is 23.7. The van der Waals surface area contributed by atoms with Gasteiger partial charge in [0, 0.05) is 25.7 Å². The van der Waals surface area contributed by atoms with Crippen molar-refractivity contribution in [3.63, 3.8) is 0 Å². The monoisotopic (exact) mass is 1450 g/mol. The van der Waals surface area contributed by atoms with Gasteiger partial charge in [-0.05, 0) is 43.4 Å². The minimum absolute atomic E-state index is 0.106. The molecule has 0 radical (unpaired) electrons. The van der Waals surface area contributed by atoms with Gasteiger partial charge in [0.25, 0.3) is 0 Å². The van der Waals surface area contributed by atoms with E-state index >= 15 is 0 Å². The van der Waals surface area contributed by atoms with Crippen LogP contribution in [0.15, 0.2) is 0 Å². The van der Waals surface area contributed by atoms with E-state index in [4.69, 9.17) is 37.0 Å². The van der Waals surface area contributed by atoms with Gasteiger partial charge in [-0.2, -0.15) is 0 Å². The third-order valence-electron chi connectivity index (χ3n) is 18.6. The third kappa shape index (κ3) is 74.1. The Morgan fingerprint density at radius 2 is 0.465 bits per heavy atom. The summed E-state index contributed by atoms with van der Waals surface area (Å²) in [6, 6.07) is 0. The van der Waals surface area contributed by atoms with Crippen molar-refractivity contribution in [3.8, 4) is 0 Å². The molecule has 0 bridgehead atoms. The van der Waals surface area contributed by atoms with Gasteiger partial charge in [0.15, 0.2) is 12.2 Å². The fraction of sp³-hybridized carbons (Fsp3) is 0.950. The first-order chi connectivity index (χ1) is 47.7. The maximum absolute atomic E-state index is 13.1. The molecule has 3 N–H and O–H groups in total. The molecule has 588 valence electrons. The number of unbranched alkanes of at least 4 members (excludes halogenated alkanes) is 46. The highest BCUT2D eigenvalue weighted by Gasteiger charge is 2.30. The van der Waals surface area contributed by atoms with Crippen LogP contribution in [0, 0.1) is 17.8 Å². The van der Waals surface area contributed by atoms with Crippen molar-refractivity contribution in [2.24, 2.45) is 17.8 Å². The van der Waals surface area contributed by atoms with Gasteiger partial charge in [-0.1, -0.05) is 363 Å². The topological polar surface area (TPSA) is 237 Å². The average molecular weight is 1450 g/mol. The normalized spacial score (nSPS) is 14.0. The van der Waals surface area contributed by atoms with E-state index in [0.717, 1.165) is 108 Å². The first-order valence-corrected chi connectivity index (χ1v) is 44.3. The summed E-state index contributed by atoms with van der Waals surface area (Å²) in [5.74, 6) is 0.249. The number of esters is 4. The van der Waals surface area contributed by atoms with Crippen LogP contribution in [0.25, 0.3) is 0 Å². The zero-order valence-corrected chi connectivity index (χ0v) is 66.8. The Hall–Kier alpha value is -1.94. The van der Waals surface area contributed by atoms with Crippen LogP contribution >= 0.6 is 15.6 Å². The summed E-state index contributed by atoms with van der Waals surface area (Å²) in [6.07, 6.45) is 58.2. The maximum Gasteiger partial charge on any atom is 0.472 e. The molecule has 0 spiro atoms. The number of aliphatic hydroxyl groups is 1. The highest BCUT2D eigenvalue weighted by Crippen LogP contribution is 2.45. The first kappa shape index (κ1) is 97.1. The van der Waals surface area contributed by atoms with Crippen LogP contribution in [-0.4, -0.2) is 96.7 Å². The number of hydrogen-bond acceptors (Lipinski definition) is 15. The van der Waals surface area contributed by atoms with Gasteiger partial charge < -0.3 is 33.8 Å². The zero-order valence-electron chi connectivity index (χ0n) is 65.0. The second-order valence-electron chi connectivity index (χ2n) is 30.2. The lowest BCUT2D eigenvalue weighted by atomic mass is 10.0. The van der Waals surface area contributed by atoms with Crippen LogP contribution in [0.2, 0.25) is 0 Å². The lowest BCUT2D eigenvalue weighted by molar-refractivity contribution is -0.161. The number of carbonyl (C=O) groups excluding carboxylic acids is 4. The van der Waals surface area contributed by atoms with Crippen molar-refractivity contribution in [2.75, 3.05) is 39.6 Å². The Bertz CT molecular complexity index is 1920. The summed E-state index contributed by atoms with van der Waals surface area (Å²) in [5, 5.41) is 10.6. The Morgan fingerprint density at radius 3 is 0.687 bits per heavy atom. The van der Waals surface area contributed by atoms with Crippen molar-refractivity contribution in [1.29, 1.82) is 0 Å². The minimum Gasteiger partial charge on any atom is -0.462 e. The summed E-state index contributed by atoms with van der Waals surface area (Å²) in [5.41, 5.74) is 0. The molecule has 17 nitrogen and oxygen atoms in total. The van der Waals surface area contributed by atoms with Crippen LogP contribution in [0.5, 0.6) is 0 Å². The number of ether oxygens (including phenoxy) is 4. The molecule has 0 aromatic rings. The largest absolute Gasteiger partial charge is 0.472 e. The number of hydrogen-bond donors (Lipinski definition) is 3. The van der Waals surface area contributed by atoms with Crippen LogP contribution in [0.1, 0.15) is 414 Å². The van der Waals surface area contributed by atoms with E-state index in [1.54, 1.807) is 0 Å². The van der Waals surface area contributed by atoms with Gasteiger partial charge >= 0.3 is 39.5 Å². The lowest BCUT2D eigenvalue weighted by Gasteiger charge is -2.21. The SMILES string of the molecule is CCCCCCCCCCCCC(=O)OC[C@H](COP(=O)(O)OC[C@H](O)COP(=O)(O)OC[C@@H](COC(=O)CCCCCCCCCCCCCCCCC(C)C)OC(=O)CCCCCCCCCCCCCCCCCCC(C)C)OC(=O)CCCCCCCCCCCCC(C)C. The van der Waals surface area contributed by atoms with E-state index in [0.29, 0.717) is 25.7 Å². The summed E-state index contributed by atoms with van der Waals surface area (Å²) in [7, 11) is -9.92. The smallest absolute Gasteiger partial charge is 0.462 e. The van der Waals surface area contributed by atoms with Crippen molar-refractivity contribution < 1.29 is 80.2 Å². The molecule has 0 aliphatic rings. The number of carbonyl (C=O) groups is 4. The molecule has 0 aliphatic carbocycles. The first-order valence-electron chi connectivity index (χ1n) is 41.3. The molecule has 2 unspecified atom stereocenters. The number of phosphoric ester groups is 2. The Morgan fingerprint density at radius 1 is 0.273 bits per heavy atom. The summed E-state index contributed by atoms with van der Waals surface area (Å²) < 4.78 is 68.7. The Balaban J connectivity index is 5.24. The number of phosphoric acid groups is 2. The van der Waals surface area contributed by atoms with Crippen molar-refractivity contribution >= 4 is 39.5 Å². The van der Waals surface area contributed by atoms with Crippen LogP contribution in [-0.2, 0) is 65.4 Å². The van der Waals surface area contributed by atoms with Gasteiger partial charge in [-0.15, -0.1) is 0 Å². The van der Waals surface area contributed by atoms with Crippen molar-refractivity contribution in [1.82, 2.24) is 0 Å². The van der Waals surface area contributed by atoms with E-state index in [9.17, 15) is 43.2 Å². The van der Waals surface area contributed by atoms with Crippen LogP contribution in [0.3, 0.4) is 0 Å². The standard InChI is InChI=1S/C80H156O17P2/c1-8-9-10-11-12-13-33-40-47-54-61-77(82)90-67-75(97-80(85)64-57-50-43-36-29-28-32-39-46-53-60-73(6)7)69-94-98(86,87)92-65-74(81)66-93-99(88,89)95-70-76(68-91-78(83)62-55-48-41-34-26-22-19-18-21-25-31-38-45-52-59-72(4)5)96-79(84)63-56-49-42-35-27-23-17-15-14-16-20-24-30-37-44-51-58-71(2)3/h71-76,81H,8-70H2,1-7H3,(H,86,87)(H,88,89)/t74-,75+,76+/m0/s1. The van der Waals surface area contributed by atoms with Crippen molar-refractivity contribution in [2.45, 2.75) is 433 Å². The molecule has 5 atom stereocenters. The zero-order chi connectivity index (χ0) is 73.0. The molecular formula is C80H156O17P2. The maximum atomic E-state index is 13.1. The average Bonchev–Trinajstić information content (AvgIpc) is 1.32. The van der Waals surface area contributed by atoms with Crippen LogP contribution in [0.4, 0.5) is 0 Å². The fourth-order valence-corrected chi connectivity index (χ4v) is 13.9. The van der Waals surface area contributed by atoms with Crippen LogP contribution < -0.4 is 0 Å². The minimum atomic E-state index is -4.96. The molecular weight excluding hydrogens is 1290 g/mol. The van der Waals surface area contributed by atoms with Crippen molar-refractivity contribution in [3.05, 3.63) is 0 Å². The highest BCUT2D eigenvalue weighted by molar-refractivity contribution is 7.47. The molecule has 0 aromatic heterocycles. The Labute approximate surface area is 607 Å². The highest BCUT2D eigenvalue weighted by atomic mass is 31.2. The molecule has 0 aliphatic heterocycles. The van der Waals surface area contributed by atoms with Gasteiger partial charge in [-0.3, -0.25) is 37.3 Å². The van der Waals surface area contributed by atoms with E-state index in [1.807, 2.05) is 0 Å². The van der Waals surface area contributed by atoms with Gasteiger partial charge in [-0.25, -0.2) is 9.13 Å². The number of aliphatic hydroxyl groups excluding tert-OH is 1. The number of rotatable bonds is 78. The fourth-order valence-electron chi connectivity index (χ4n) is 12.3. The van der Waals surface area contributed by atoms with E-state index < -0.39 is 97.5 Å². The molecule has 0 fully saturated rings. The quantitative estimate of drug-likeness (QED) is 0.0222. The second-order valence-corrected chi connectivity index (χ2v) is 33.1. The second kappa shape index (κ2) is 70.4. The van der Waals surface area contributed by atoms with Gasteiger partial charge in [0.05, 0.1) is 26.4 Å². The summed E-state index contributed by atoms with van der Waals surface area (Å²) in [6.45, 7) is 12.0. The van der Waals surface area contributed by atoms with Gasteiger partial charge in [0.1, 0.15) is 19.3 Å². The third-order valence-corrected chi connectivity index (χ3v) is 20.5. The molecule has 19 heteroatoms. The molecule has 0 saturated carbocycles. The summed E-state index contributed by atoms with van der Waals surface area (Å²) >= 11 is 0. The molecule has 0 heterocycles. The molecule has 0 aromatic carbocycles. The molecule has 0 amide bonds. The van der Waals surface area contributed by atoms with Gasteiger partial charge in [0.2, 0.25) is 0 Å². The molecule has 99 heavy (non-hydrogen) atoms. The summed E-state index contributed by atoms with van der Waals surface area (Å²) in [4.78, 5) is 73.0. The predicted molar refractivity (Wildman–Crippen MR) is 405 cm³/mol.